The molecule has 0 spiro atoms. The van der Waals surface area contributed by atoms with Gasteiger partial charge in [-0.3, -0.25) is 24.1 Å². The van der Waals surface area contributed by atoms with E-state index in [1.807, 2.05) is 49.2 Å². The van der Waals surface area contributed by atoms with Gasteiger partial charge in [0, 0.05) is 66.3 Å². The van der Waals surface area contributed by atoms with Crippen LogP contribution in [0.4, 0.5) is 11.4 Å². The number of hydrogen-bond acceptors (Lipinski definition) is 20. The summed E-state index contributed by atoms with van der Waals surface area (Å²) in [5.74, 6) is -4.16. The summed E-state index contributed by atoms with van der Waals surface area (Å²) in [6, 6.07) is 21.8. The number of nitrogens with one attached hydrogen (secondary N) is 2. The average Bonchev–Trinajstić information content (AvgIpc) is 4.41. The maximum atomic E-state index is 12.8. The van der Waals surface area contributed by atoms with Gasteiger partial charge < -0.3 is 65.3 Å². The summed E-state index contributed by atoms with van der Waals surface area (Å²) in [6.45, 7) is 9.90. The Kier molecular flexibility index (Phi) is 19.0. The van der Waals surface area contributed by atoms with Gasteiger partial charge in [0.1, 0.15) is 74.2 Å². The Morgan fingerprint density at radius 2 is 1.58 bits per heavy atom. The lowest BCUT2D eigenvalue weighted by Crippen LogP contribution is -2.57. The van der Waals surface area contributed by atoms with Crippen molar-refractivity contribution < 1.29 is 54.1 Å². The number of aliphatic carboxylic acids is 1. The molecule has 3 aliphatic rings. The molecule has 446 valence electrons. The molecule has 10 rings (SSSR count). The lowest BCUT2D eigenvalue weighted by Gasteiger charge is -2.37. The normalized spacial score (nSPS) is 22.3. The number of aliphatic hydroxyl groups is 3. The number of amides is 1. The van der Waals surface area contributed by atoms with Crippen molar-refractivity contribution in [2.45, 2.75) is 94.4 Å². The number of hydrogen-bond donors (Lipinski definition) is 8. The van der Waals surface area contributed by atoms with Crippen molar-refractivity contribution in [2.75, 3.05) is 49.2 Å². The fourth-order valence-electron chi connectivity index (χ4n) is 9.87. The topological polar surface area (TPSA) is 355 Å². The number of aromatic amines is 1. The zero-order valence-corrected chi connectivity index (χ0v) is 47.1. The Labute approximate surface area is 489 Å². The highest BCUT2D eigenvalue weighted by atomic mass is 35.5. The highest BCUT2D eigenvalue weighted by Gasteiger charge is 2.51. The molecule has 11 atom stereocenters. The van der Waals surface area contributed by atoms with Crippen molar-refractivity contribution in [1.29, 1.82) is 0 Å². The molecule has 2 unspecified atom stereocenters. The second-order valence-corrected chi connectivity index (χ2v) is 21.2. The molecule has 3 aliphatic heterocycles. The van der Waals surface area contributed by atoms with E-state index < -0.39 is 77.6 Å². The second-order valence-electron chi connectivity index (χ2n) is 20.4. The molecule has 0 saturated carbocycles. The van der Waals surface area contributed by atoms with Crippen LogP contribution in [0.2, 0.25) is 10.0 Å². The molecule has 0 aliphatic carbocycles. The molecule has 3 fully saturated rings. The summed E-state index contributed by atoms with van der Waals surface area (Å²) >= 11 is 12.7. The summed E-state index contributed by atoms with van der Waals surface area (Å²) in [4.78, 5) is 75.3. The average molecular weight is 1200 g/mol. The number of aliphatic hydroxyl groups excluding tert-OH is 3. The third-order valence-electron chi connectivity index (χ3n) is 14.9. The molecule has 3 saturated heterocycles. The van der Waals surface area contributed by atoms with Crippen LogP contribution in [-0.4, -0.2) is 157 Å². The van der Waals surface area contributed by atoms with Crippen LogP contribution in [0.1, 0.15) is 56.8 Å². The summed E-state index contributed by atoms with van der Waals surface area (Å²) in [5, 5.41) is 61.8. The van der Waals surface area contributed by atoms with E-state index in [0.29, 0.717) is 28.8 Å². The van der Waals surface area contributed by atoms with Gasteiger partial charge >= 0.3 is 17.3 Å². The largest absolute Gasteiger partial charge is 0.506 e. The van der Waals surface area contributed by atoms with Gasteiger partial charge in [0.25, 0.3) is 5.56 Å². The number of carboxylic acid groups (broad SMARTS) is 1. The van der Waals surface area contributed by atoms with Crippen molar-refractivity contribution in [3.63, 3.8) is 0 Å². The van der Waals surface area contributed by atoms with Crippen molar-refractivity contribution in [3.8, 4) is 17.2 Å². The number of rotatable bonds is 19. The Morgan fingerprint density at radius 3 is 2.19 bits per heavy atom. The molecule has 1 amide bonds. The molecular formula is C55H63Cl2N13O14. The summed E-state index contributed by atoms with van der Waals surface area (Å²) < 4.78 is 29.8. The van der Waals surface area contributed by atoms with Crippen LogP contribution in [0.15, 0.2) is 131 Å². The summed E-state index contributed by atoms with van der Waals surface area (Å²) in [6.07, 6.45) is -0.966. The van der Waals surface area contributed by atoms with Crippen molar-refractivity contribution in [1.82, 2.24) is 49.0 Å². The van der Waals surface area contributed by atoms with Crippen LogP contribution in [0.5, 0.6) is 11.5 Å². The van der Waals surface area contributed by atoms with Crippen LogP contribution in [0, 0.1) is 5.92 Å². The van der Waals surface area contributed by atoms with E-state index in [1.165, 1.54) is 30.1 Å². The monoisotopic (exact) mass is 1200 g/mol. The number of benzene rings is 3. The predicted octanol–water partition coefficient (Wildman–Crippen LogP) is 2.10. The Hall–Kier alpha value is -7.99. The number of carboxylic acids is 1. The van der Waals surface area contributed by atoms with E-state index in [2.05, 4.69) is 59.5 Å². The number of halogens is 2. The first-order valence-electron chi connectivity index (χ1n) is 26.8. The van der Waals surface area contributed by atoms with E-state index in [-0.39, 0.29) is 35.8 Å². The van der Waals surface area contributed by atoms with Crippen LogP contribution in [-0.2, 0) is 36.1 Å². The van der Waals surface area contributed by atoms with Gasteiger partial charge in [-0.15, -0.1) is 0 Å². The highest BCUT2D eigenvalue weighted by Crippen LogP contribution is 2.41. The first-order valence-corrected chi connectivity index (χ1v) is 27.5. The third-order valence-corrected chi connectivity index (χ3v) is 15.4. The van der Waals surface area contributed by atoms with Crippen molar-refractivity contribution in [2.24, 2.45) is 11.7 Å². The molecule has 27 nitrogen and oxygen atoms in total. The number of aromatic hydroxyl groups is 1. The number of aromatic nitrogens is 9. The van der Waals surface area contributed by atoms with E-state index in [4.69, 9.17) is 47.9 Å². The van der Waals surface area contributed by atoms with E-state index in [0.717, 1.165) is 78.4 Å². The van der Waals surface area contributed by atoms with Crippen LogP contribution in [0.25, 0.3) is 5.69 Å². The molecule has 0 radical (unpaired) electrons. The molecule has 7 aromatic rings. The minimum atomic E-state index is -1.90. The van der Waals surface area contributed by atoms with E-state index in [9.17, 15) is 49.5 Å². The Morgan fingerprint density at radius 1 is 0.905 bits per heavy atom. The van der Waals surface area contributed by atoms with Crippen LogP contribution < -0.4 is 42.5 Å². The fourth-order valence-corrected chi connectivity index (χ4v) is 10.4. The number of nitrogens with zero attached hydrogens (tertiary/aromatic N) is 10. The first-order chi connectivity index (χ1) is 40.2. The number of carbonyl (C=O) groups is 2. The van der Waals surface area contributed by atoms with Crippen molar-refractivity contribution >= 4 is 46.5 Å². The number of carbonyl (C=O) groups excluding carboxylic acids is 1. The second kappa shape index (κ2) is 26.3. The third kappa shape index (κ3) is 13.5. The first kappa shape index (κ1) is 60.6. The smallest absolute Gasteiger partial charge is 0.350 e. The quantitative estimate of drug-likeness (QED) is 0.0575. The number of H-pyrrole nitrogens is 1. The predicted molar refractivity (Wildman–Crippen MR) is 303 cm³/mol. The highest BCUT2D eigenvalue weighted by molar-refractivity contribution is 6.35. The summed E-state index contributed by atoms with van der Waals surface area (Å²) in [7, 11) is 0. The Balaban J connectivity index is 0.000000214. The van der Waals surface area contributed by atoms with Gasteiger partial charge in [-0.25, -0.2) is 33.3 Å². The number of nitrogens with two attached hydrogens (primary N) is 1. The SMILES string of the molecule is CCC(C)n1ncn(-c2ccc(N3CCN(c4ccc(OC[C@H]5CO[C@](Cn6cncn6)(c6ccc(Cl)cc6Cl)O5)cc4)CC3)cc2)c1=O.C[C@@H]([C@H](N)C(=O)N[C@H](C(=O)O)[C@H]1OC(n2ccc(=O)[nH]c2=O)[C@H](O)[C@@H]1O)[C@H](O)c1ccc(O)cn1. The zero-order valence-electron chi connectivity index (χ0n) is 45.6. The number of anilines is 2. The van der Waals surface area contributed by atoms with Crippen LogP contribution >= 0.6 is 23.2 Å². The van der Waals surface area contributed by atoms with E-state index in [1.54, 1.807) is 34.0 Å². The Bertz CT molecular complexity index is 3550. The maximum Gasteiger partial charge on any atom is 0.350 e. The van der Waals surface area contributed by atoms with Gasteiger partial charge in [0.2, 0.25) is 11.7 Å². The van der Waals surface area contributed by atoms with Gasteiger partial charge in [-0.2, -0.15) is 10.2 Å². The number of pyridine rings is 1. The molecule has 3 aromatic carbocycles. The van der Waals surface area contributed by atoms with E-state index >= 15 is 0 Å². The lowest BCUT2D eigenvalue weighted by atomic mass is 9.92. The molecule has 4 aromatic heterocycles. The van der Waals surface area contributed by atoms with Gasteiger partial charge in [0.15, 0.2) is 12.3 Å². The minimum absolute atomic E-state index is 0.0645. The fraction of sp³-hybridized carbons (Fsp3) is 0.400. The van der Waals surface area contributed by atoms with Crippen LogP contribution in [0.3, 0.4) is 0 Å². The molecule has 29 heteroatoms. The van der Waals surface area contributed by atoms with Gasteiger partial charge in [-0.1, -0.05) is 43.1 Å². The minimum Gasteiger partial charge on any atom is -0.506 e. The zero-order chi connectivity index (χ0) is 60.0. The van der Waals surface area contributed by atoms with Gasteiger partial charge in [-0.05, 0) is 86.1 Å². The van der Waals surface area contributed by atoms with Crippen molar-refractivity contribution in [3.05, 3.63) is 169 Å². The molecule has 0 bridgehead atoms. The molecule has 7 heterocycles. The summed E-state index contributed by atoms with van der Waals surface area (Å²) in [5.41, 5.74) is 7.97. The molecular weight excluding hydrogens is 1140 g/mol. The lowest BCUT2D eigenvalue weighted by molar-refractivity contribution is -0.190. The molecule has 9 N–H and O–H groups in total. The number of piperazine rings is 1. The standard InChI is InChI=1S/C35H38Cl2N8O4.C20H25N5O10/c1-3-25(2)45-34(46)44(24-40-45)29-7-5-27(6-8-29)41-14-16-42(17-15-41)28-9-11-30(12-10-28)47-19-31-20-48-35(49-31,21-43-23-38-22-39-43)32-13-4-26(36)18-33(32)37;1-7(13(28)9-3-2-8(26)6-22-9)11(21)17(31)24-12(19(32)33)16-14(29)15(30)18(35-16)25-5-4-10(27)23-20(25)34/h4-13,18,22-25,31H,3,14-17,19-21H2,1-2H3;2-7,11-16,18,26,28-30H,21H2,1H3,(H,24,31)(H,32,33)(H,23,27,34)/t25?,31-,35-;7-,11-,12-,13-,14-,15+,16+,18?/m00/s1. The number of ether oxygens (including phenoxy) is 4. The maximum absolute atomic E-state index is 12.8. The van der Waals surface area contributed by atoms with Gasteiger partial charge in [0.05, 0.1) is 41.3 Å². The molecule has 84 heavy (non-hydrogen) atoms.